The molecule has 5 heteroatoms. The van der Waals surface area contributed by atoms with Crippen LogP contribution in [-0.4, -0.2) is 36.1 Å². The summed E-state index contributed by atoms with van der Waals surface area (Å²) in [5.41, 5.74) is 2.08. The Labute approximate surface area is 137 Å². The molecule has 0 amide bonds. The minimum absolute atomic E-state index is 0. The van der Waals surface area contributed by atoms with Crippen molar-refractivity contribution in [3.05, 3.63) is 42.3 Å². The van der Waals surface area contributed by atoms with E-state index in [0.717, 1.165) is 35.5 Å². The van der Waals surface area contributed by atoms with Crippen molar-refractivity contribution in [1.29, 1.82) is 0 Å². The summed E-state index contributed by atoms with van der Waals surface area (Å²) in [6.45, 7) is 5.65. The van der Waals surface area contributed by atoms with Gasteiger partial charge in [0, 0.05) is 18.7 Å². The fourth-order valence-corrected chi connectivity index (χ4v) is 3.58. The Morgan fingerprint density at radius 2 is 2.00 bits per heavy atom. The minimum atomic E-state index is 0. The van der Waals surface area contributed by atoms with Gasteiger partial charge in [0.2, 0.25) is 5.89 Å². The van der Waals surface area contributed by atoms with E-state index < -0.39 is 0 Å². The molecule has 118 valence electrons. The molecule has 22 heavy (non-hydrogen) atoms. The van der Waals surface area contributed by atoms with Crippen LogP contribution in [0.1, 0.15) is 12.1 Å². The van der Waals surface area contributed by atoms with E-state index in [0.29, 0.717) is 0 Å². The average molecular weight is 320 g/mol. The van der Waals surface area contributed by atoms with Crippen molar-refractivity contribution in [1.82, 2.24) is 15.2 Å². The van der Waals surface area contributed by atoms with Crippen LogP contribution in [0.3, 0.4) is 0 Å². The number of piperidine rings is 1. The number of oxazole rings is 1. The lowest BCUT2D eigenvalue weighted by Gasteiger charge is -2.33. The van der Waals surface area contributed by atoms with Crippen LogP contribution in [0.15, 0.2) is 41.0 Å². The third-order valence-corrected chi connectivity index (χ3v) is 4.75. The molecular formula is C17H22ClN3O. The minimum Gasteiger partial charge on any atom is -0.444 e. The maximum atomic E-state index is 5.63. The zero-order chi connectivity index (χ0) is 14.1. The Kier molecular flexibility index (Phi) is 4.81. The predicted octanol–water partition coefficient (Wildman–Crippen LogP) is 2.80. The van der Waals surface area contributed by atoms with Crippen LogP contribution in [-0.2, 0) is 6.54 Å². The molecule has 2 atom stereocenters. The molecule has 3 heterocycles. The molecule has 4 nitrogen and oxygen atoms in total. The van der Waals surface area contributed by atoms with Crippen molar-refractivity contribution in [3.63, 3.8) is 0 Å². The van der Waals surface area contributed by atoms with Gasteiger partial charge < -0.3 is 9.73 Å². The van der Waals surface area contributed by atoms with E-state index in [-0.39, 0.29) is 12.4 Å². The Hall–Kier alpha value is -1.36. The highest BCUT2D eigenvalue weighted by Gasteiger charge is 2.32. The number of nitrogens with one attached hydrogen (secondary N) is 1. The van der Waals surface area contributed by atoms with Gasteiger partial charge in [0.05, 0.1) is 5.69 Å². The lowest BCUT2D eigenvalue weighted by atomic mass is 9.89. The summed E-state index contributed by atoms with van der Waals surface area (Å²) in [6.07, 6.45) is 3.11. The molecule has 0 bridgehead atoms. The molecule has 0 spiro atoms. The monoisotopic (exact) mass is 319 g/mol. The first-order valence-corrected chi connectivity index (χ1v) is 7.81. The number of fused-ring (bicyclic) bond motifs is 1. The molecule has 1 aromatic heterocycles. The summed E-state index contributed by atoms with van der Waals surface area (Å²) < 4.78 is 5.63. The lowest BCUT2D eigenvalue weighted by Crippen LogP contribution is -2.39. The predicted molar refractivity (Wildman–Crippen MR) is 88.9 cm³/mol. The van der Waals surface area contributed by atoms with Crippen molar-refractivity contribution < 1.29 is 4.42 Å². The number of aromatic nitrogens is 1. The number of rotatable bonds is 3. The molecule has 2 saturated heterocycles. The summed E-state index contributed by atoms with van der Waals surface area (Å²) in [5.74, 6) is 2.43. The van der Waals surface area contributed by atoms with Gasteiger partial charge in [-0.05, 0) is 50.0 Å². The third-order valence-electron chi connectivity index (χ3n) is 4.75. The quantitative estimate of drug-likeness (QED) is 0.944. The van der Waals surface area contributed by atoms with E-state index in [1.54, 1.807) is 6.26 Å². The van der Waals surface area contributed by atoms with Crippen LogP contribution >= 0.6 is 12.4 Å². The number of hydrogen-bond acceptors (Lipinski definition) is 4. The Bertz CT molecular complexity index is 601. The van der Waals surface area contributed by atoms with E-state index in [2.05, 4.69) is 15.2 Å². The van der Waals surface area contributed by atoms with Gasteiger partial charge in [0.15, 0.2) is 0 Å². The molecular weight excluding hydrogens is 298 g/mol. The highest BCUT2D eigenvalue weighted by Crippen LogP contribution is 2.27. The van der Waals surface area contributed by atoms with Crippen LogP contribution < -0.4 is 5.32 Å². The Morgan fingerprint density at radius 1 is 1.18 bits per heavy atom. The van der Waals surface area contributed by atoms with Gasteiger partial charge in [0.1, 0.15) is 6.26 Å². The number of halogens is 1. The van der Waals surface area contributed by atoms with Gasteiger partial charge in [-0.25, -0.2) is 4.98 Å². The molecule has 1 aromatic carbocycles. The van der Waals surface area contributed by atoms with Crippen molar-refractivity contribution in [3.8, 4) is 11.5 Å². The second-order valence-corrected chi connectivity index (χ2v) is 6.21. The first-order valence-electron chi connectivity index (χ1n) is 7.81. The van der Waals surface area contributed by atoms with Gasteiger partial charge in [-0.15, -0.1) is 12.4 Å². The van der Waals surface area contributed by atoms with Crippen LogP contribution in [0.5, 0.6) is 0 Å². The van der Waals surface area contributed by atoms with Gasteiger partial charge in [0.25, 0.3) is 0 Å². The Morgan fingerprint density at radius 3 is 2.86 bits per heavy atom. The fraction of sp³-hybridized carbons (Fsp3) is 0.471. The Balaban J connectivity index is 0.00000144. The van der Waals surface area contributed by atoms with Crippen molar-refractivity contribution in [2.75, 3.05) is 26.2 Å². The average Bonchev–Trinajstić information content (AvgIpc) is 3.17. The van der Waals surface area contributed by atoms with Crippen LogP contribution in [0.25, 0.3) is 11.5 Å². The summed E-state index contributed by atoms with van der Waals surface area (Å²) >= 11 is 0. The van der Waals surface area contributed by atoms with Gasteiger partial charge >= 0.3 is 0 Å². The molecule has 0 aliphatic carbocycles. The molecule has 0 saturated carbocycles. The lowest BCUT2D eigenvalue weighted by molar-refractivity contribution is 0.141. The molecule has 4 rings (SSSR count). The number of nitrogens with zero attached hydrogens (tertiary/aromatic N) is 2. The molecule has 2 fully saturated rings. The van der Waals surface area contributed by atoms with E-state index in [9.17, 15) is 0 Å². The molecule has 2 unspecified atom stereocenters. The summed E-state index contributed by atoms with van der Waals surface area (Å²) in [6, 6.07) is 10.1. The zero-order valence-corrected chi connectivity index (χ0v) is 13.4. The van der Waals surface area contributed by atoms with Gasteiger partial charge in [-0.1, -0.05) is 18.2 Å². The zero-order valence-electron chi connectivity index (χ0n) is 12.6. The van der Waals surface area contributed by atoms with E-state index in [1.807, 2.05) is 30.3 Å². The van der Waals surface area contributed by atoms with Gasteiger partial charge in [-0.3, -0.25) is 4.90 Å². The van der Waals surface area contributed by atoms with Crippen molar-refractivity contribution in [2.45, 2.75) is 13.0 Å². The maximum absolute atomic E-state index is 5.63. The van der Waals surface area contributed by atoms with Crippen LogP contribution in [0.2, 0.25) is 0 Å². The summed E-state index contributed by atoms with van der Waals surface area (Å²) in [7, 11) is 0. The second-order valence-electron chi connectivity index (χ2n) is 6.21. The van der Waals surface area contributed by atoms with Gasteiger partial charge in [-0.2, -0.15) is 0 Å². The molecule has 2 aliphatic rings. The molecule has 0 radical (unpaired) electrons. The summed E-state index contributed by atoms with van der Waals surface area (Å²) in [4.78, 5) is 7.15. The van der Waals surface area contributed by atoms with E-state index in [4.69, 9.17) is 4.42 Å². The first-order chi connectivity index (χ1) is 10.4. The topological polar surface area (TPSA) is 41.3 Å². The SMILES string of the molecule is Cl.c1ccc(-c2nc(CN3CCC4CNCC4C3)co2)cc1. The third kappa shape index (κ3) is 3.19. The molecule has 2 aromatic rings. The normalized spacial score (nSPS) is 24.7. The molecule has 1 N–H and O–H groups in total. The number of likely N-dealkylation sites (tertiary alicyclic amines) is 1. The first kappa shape index (κ1) is 15.5. The van der Waals surface area contributed by atoms with Crippen LogP contribution in [0.4, 0.5) is 0 Å². The van der Waals surface area contributed by atoms with E-state index >= 15 is 0 Å². The van der Waals surface area contributed by atoms with Crippen molar-refractivity contribution in [2.24, 2.45) is 11.8 Å². The van der Waals surface area contributed by atoms with Crippen LogP contribution in [0, 0.1) is 11.8 Å². The van der Waals surface area contributed by atoms with E-state index in [1.165, 1.54) is 32.6 Å². The second kappa shape index (κ2) is 6.82. The maximum Gasteiger partial charge on any atom is 0.226 e. The number of benzene rings is 1. The number of hydrogen-bond donors (Lipinski definition) is 1. The fourth-order valence-electron chi connectivity index (χ4n) is 3.58. The largest absolute Gasteiger partial charge is 0.444 e. The molecule has 2 aliphatic heterocycles. The highest BCUT2D eigenvalue weighted by molar-refractivity contribution is 5.85. The smallest absolute Gasteiger partial charge is 0.226 e. The summed E-state index contributed by atoms with van der Waals surface area (Å²) in [5, 5.41) is 3.51. The highest BCUT2D eigenvalue weighted by atomic mass is 35.5. The van der Waals surface area contributed by atoms with Crippen molar-refractivity contribution >= 4 is 12.4 Å². The standard InChI is InChI=1S/C17H21N3O.ClH/c1-2-4-13(5-3-1)17-19-16(12-21-17)11-20-7-6-14-8-18-9-15(14)10-20;/h1-5,12,14-15,18H,6-11H2;1H.